The molecule has 32 valence electrons. The highest BCUT2D eigenvalue weighted by Crippen LogP contribution is 1.70. The third-order valence-electron chi connectivity index (χ3n) is 0.415. The number of nitrogens with two attached hydrogens (primary N) is 1. The second-order valence-electron chi connectivity index (χ2n) is 0.844. The molecule has 4 nitrogen and oxygen atoms in total. The first-order chi connectivity index (χ1) is 2.89. The molecular formula is C2H4N4. The van der Waals surface area contributed by atoms with Crippen LogP contribution in [0.15, 0.2) is 0 Å². The Morgan fingerprint density at radius 2 is 2.50 bits per heavy atom. The molecule has 0 saturated carbocycles. The van der Waals surface area contributed by atoms with Gasteiger partial charge in [-0.2, -0.15) is 0 Å². The van der Waals surface area contributed by atoms with Gasteiger partial charge >= 0.3 is 0 Å². The average Bonchev–Trinajstić information content (AvgIpc) is 1.86. The summed E-state index contributed by atoms with van der Waals surface area (Å²) in [6, 6.07) is 0. The summed E-state index contributed by atoms with van der Waals surface area (Å²) in [4.78, 5) is 0. The van der Waals surface area contributed by atoms with Crippen LogP contribution in [0, 0.1) is 12.4 Å². The molecule has 0 spiro atoms. The highest BCUT2D eigenvalue weighted by atomic mass is 15.8. The molecule has 1 aliphatic heterocycles. The van der Waals surface area contributed by atoms with E-state index in [9.17, 15) is 0 Å². The van der Waals surface area contributed by atoms with E-state index in [2.05, 4.69) is 23.4 Å². The van der Waals surface area contributed by atoms with Crippen LogP contribution >= 0.6 is 0 Å². The lowest BCUT2D eigenvalue weighted by Gasteiger charge is -2.02. The average molecular weight is 84.1 g/mol. The molecule has 1 rings (SSSR count). The van der Waals surface area contributed by atoms with Crippen LogP contribution in [0.2, 0.25) is 0 Å². The maximum atomic E-state index is 5.02. The predicted molar refractivity (Wildman–Crippen MR) is 18.8 cm³/mol. The maximum Gasteiger partial charge on any atom is 0.127 e. The van der Waals surface area contributed by atoms with Crippen molar-refractivity contribution in [3.05, 3.63) is 12.4 Å². The van der Waals surface area contributed by atoms with Gasteiger partial charge in [-0.25, -0.2) is 11.0 Å². The number of nitrogens with zero attached hydrogens (tertiary/aromatic N) is 1. The summed E-state index contributed by atoms with van der Waals surface area (Å²) in [6.45, 7) is 0. The summed E-state index contributed by atoms with van der Waals surface area (Å²) in [7, 11) is 0. The molecule has 2 radical (unpaired) electrons. The molecule has 0 saturated heterocycles. The Balaban J connectivity index is 2.38. The van der Waals surface area contributed by atoms with Crippen molar-refractivity contribution in [3.63, 3.8) is 0 Å². The van der Waals surface area contributed by atoms with Gasteiger partial charge in [-0.1, -0.05) is 0 Å². The fourth-order valence-electron chi connectivity index (χ4n) is 0.204. The van der Waals surface area contributed by atoms with Crippen molar-refractivity contribution >= 4 is 0 Å². The summed E-state index contributed by atoms with van der Waals surface area (Å²) in [5.74, 6) is 5.02. The van der Waals surface area contributed by atoms with Gasteiger partial charge in [-0.05, 0) is 0 Å². The molecule has 0 atom stereocenters. The standard InChI is InChI=1S/C2H4N4/c3-6-2-1-4-5-6/h4-5H,3H2. The molecule has 4 N–H and O–H groups in total. The van der Waals surface area contributed by atoms with Gasteiger partial charge in [0.05, 0.1) is 0 Å². The maximum absolute atomic E-state index is 5.02. The van der Waals surface area contributed by atoms with E-state index in [0.717, 1.165) is 5.12 Å². The lowest BCUT2D eigenvalue weighted by atomic mass is 11.0. The van der Waals surface area contributed by atoms with E-state index >= 15 is 0 Å². The van der Waals surface area contributed by atoms with E-state index in [1.807, 2.05) is 0 Å². The highest BCUT2D eigenvalue weighted by molar-refractivity contribution is 4.60. The van der Waals surface area contributed by atoms with Gasteiger partial charge in [0.15, 0.2) is 0 Å². The first-order valence-electron chi connectivity index (χ1n) is 1.46. The quantitative estimate of drug-likeness (QED) is 0.305. The highest BCUT2D eigenvalue weighted by Gasteiger charge is 1.92. The van der Waals surface area contributed by atoms with Crippen LogP contribution in [0.3, 0.4) is 0 Å². The number of hydrogen-bond donors (Lipinski definition) is 3. The first-order valence-corrected chi connectivity index (χ1v) is 1.46. The molecule has 0 unspecified atom stereocenters. The zero-order valence-corrected chi connectivity index (χ0v) is 3.02. The van der Waals surface area contributed by atoms with Crippen molar-refractivity contribution in [2.45, 2.75) is 0 Å². The Kier molecular flexibility index (Phi) is 0.664. The van der Waals surface area contributed by atoms with Crippen molar-refractivity contribution < 1.29 is 0 Å². The van der Waals surface area contributed by atoms with Crippen molar-refractivity contribution in [3.8, 4) is 0 Å². The van der Waals surface area contributed by atoms with Gasteiger partial charge < -0.3 is 0 Å². The van der Waals surface area contributed by atoms with Crippen LogP contribution in [-0.2, 0) is 0 Å². The second kappa shape index (κ2) is 1.16. The second-order valence-corrected chi connectivity index (χ2v) is 0.844. The van der Waals surface area contributed by atoms with E-state index in [4.69, 9.17) is 5.84 Å². The fourth-order valence-corrected chi connectivity index (χ4v) is 0.204. The number of rotatable bonds is 0. The molecule has 0 aliphatic carbocycles. The van der Waals surface area contributed by atoms with Crippen LogP contribution in [0.5, 0.6) is 0 Å². The Morgan fingerprint density at radius 1 is 1.67 bits per heavy atom. The largest absolute Gasteiger partial charge is 0.298 e. The predicted octanol–water partition coefficient (Wildman–Crippen LogP) is -1.74. The van der Waals surface area contributed by atoms with Gasteiger partial charge in [0, 0.05) is 0 Å². The lowest BCUT2D eigenvalue weighted by molar-refractivity contribution is 0.268. The minimum absolute atomic E-state index is 1.14. The van der Waals surface area contributed by atoms with E-state index in [1.165, 1.54) is 0 Å². The summed E-state index contributed by atoms with van der Waals surface area (Å²) < 4.78 is 0. The van der Waals surface area contributed by atoms with Crippen molar-refractivity contribution in [1.82, 2.24) is 16.1 Å². The summed E-state index contributed by atoms with van der Waals surface area (Å²) in [6.07, 6.45) is 4.92. The molecule has 0 amide bonds. The topological polar surface area (TPSA) is 53.3 Å². The molecule has 1 heterocycles. The normalized spacial score (nSPS) is 18.5. The molecular weight excluding hydrogens is 80.1 g/mol. The Labute approximate surface area is 35.5 Å². The lowest BCUT2D eigenvalue weighted by Crippen LogP contribution is -2.40. The Bertz CT molecular complexity index is 67.9. The molecule has 0 aromatic heterocycles. The third-order valence-corrected chi connectivity index (χ3v) is 0.415. The van der Waals surface area contributed by atoms with Crippen molar-refractivity contribution in [2.75, 3.05) is 0 Å². The molecule has 0 bridgehead atoms. The van der Waals surface area contributed by atoms with Crippen LogP contribution in [0.25, 0.3) is 0 Å². The van der Waals surface area contributed by atoms with Crippen molar-refractivity contribution in [1.29, 1.82) is 0 Å². The zero-order valence-electron chi connectivity index (χ0n) is 3.02. The fraction of sp³-hybridized carbons (Fsp3) is 0. The Hall–Kier alpha value is -0.740. The van der Waals surface area contributed by atoms with Gasteiger partial charge in [0.2, 0.25) is 0 Å². The smallest absolute Gasteiger partial charge is 0.127 e. The van der Waals surface area contributed by atoms with E-state index in [-0.39, 0.29) is 0 Å². The van der Waals surface area contributed by atoms with E-state index < -0.39 is 0 Å². The van der Waals surface area contributed by atoms with Crippen LogP contribution in [-0.4, -0.2) is 5.12 Å². The molecule has 1 aliphatic rings. The van der Waals surface area contributed by atoms with Gasteiger partial charge in [-0.15, -0.1) is 5.53 Å². The van der Waals surface area contributed by atoms with Gasteiger partial charge in [-0.3, -0.25) is 5.43 Å². The number of hydrogen-bond acceptors (Lipinski definition) is 4. The summed E-state index contributed by atoms with van der Waals surface area (Å²) >= 11 is 0. The first kappa shape index (κ1) is 3.45. The van der Waals surface area contributed by atoms with E-state index in [0.29, 0.717) is 0 Å². The van der Waals surface area contributed by atoms with Crippen molar-refractivity contribution in [2.24, 2.45) is 5.84 Å². The molecule has 0 aromatic rings. The van der Waals surface area contributed by atoms with Crippen LogP contribution < -0.4 is 16.8 Å². The molecule has 4 heteroatoms. The minimum atomic E-state index is 1.14. The molecule has 0 aromatic carbocycles. The van der Waals surface area contributed by atoms with E-state index in [1.54, 1.807) is 0 Å². The summed E-state index contributed by atoms with van der Waals surface area (Å²) in [5.41, 5.74) is 4.92. The minimum Gasteiger partial charge on any atom is -0.298 e. The van der Waals surface area contributed by atoms with Crippen LogP contribution in [0.1, 0.15) is 0 Å². The number of hydrazine groups is 3. The van der Waals surface area contributed by atoms with Gasteiger partial charge in [0.25, 0.3) is 0 Å². The third kappa shape index (κ3) is 0.425. The number of nitrogens with one attached hydrogen (secondary N) is 2. The monoisotopic (exact) mass is 84.0 g/mol. The molecule has 0 fully saturated rings. The SMILES string of the molecule is NN1[C]=[C]NN1. The molecule has 6 heavy (non-hydrogen) atoms. The zero-order chi connectivity index (χ0) is 4.41. The Morgan fingerprint density at radius 3 is 2.67 bits per heavy atom. The summed E-state index contributed by atoms with van der Waals surface area (Å²) in [5, 5.41) is 1.14. The van der Waals surface area contributed by atoms with Gasteiger partial charge in [0.1, 0.15) is 12.4 Å². The van der Waals surface area contributed by atoms with Crippen LogP contribution in [0.4, 0.5) is 0 Å².